The van der Waals surface area contributed by atoms with Crippen molar-refractivity contribution in [3.8, 4) is 0 Å². The van der Waals surface area contributed by atoms with Gasteiger partial charge in [-0.3, -0.25) is 4.79 Å². The Bertz CT molecular complexity index is 227. The van der Waals surface area contributed by atoms with Gasteiger partial charge in [0, 0.05) is 11.8 Å². The molecule has 1 saturated carbocycles. The van der Waals surface area contributed by atoms with Crippen LogP contribution < -0.4 is 11.1 Å². The molecule has 1 aliphatic carbocycles. The lowest BCUT2D eigenvalue weighted by molar-refractivity contribution is -0.128. The SMILES string of the molecule is CCC(CSC)NC(=O)C1(N)CCCCC1. The number of carbonyl (C=O) groups is 1. The van der Waals surface area contributed by atoms with E-state index in [9.17, 15) is 4.79 Å². The van der Waals surface area contributed by atoms with Crippen LogP contribution in [0.25, 0.3) is 0 Å². The molecule has 0 bridgehead atoms. The second kappa shape index (κ2) is 6.50. The van der Waals surface area contributed by atoms with Crippen molar-refractivity contribution in [2.75, 3.05) is 12.0 Å². The highest BCUT2D eigenvalue weighted by atomic mass is 32.2. The highest BCUT2D eigenvalue weighted by Gasteiger charge is 2.35. The summed E-state index contributed by atoms with van der Waals surface area (Å²) in [7, 11) is 0. The number of hydrogen-bond acceptors (Lipinski definition) is 3. The molecule has 4 heteroatoms. The van der Waals surface area contributed by atoms with Gasteiger partial charge in [-0.2, -0.15) is 11.8 Å². The van der Waals surface area contributed by atoms with Gasteiger partial charge in [0.1, 0.15) is 0 Å². The van der Waals surface area contributed by atoms with Crippen LogP contribution in [0.2, 0.25) is 0 Å². The average molecular weight is 244 g/mol. The van der Waals surface area contributed by atoms with E-state index in [1.54, 1.807) is 11.8 Å². The molecule has 16 heavy (non-hydrogen) atoms. The predicted molar refractivity (Wildman–Crippen MR) is 70.6 cm³/mol. The fraction of sp³-hybridized carbons (Fsp3) is 0.917. The molecule has 1 fully saturated rings. The molecule has 0 radical (unpaired) electrons. The lowest BCUT2D eigenvalue weighted by atomic mass is 9.82. The van der Waals surface area contributed by atoms with E-state index >= 15 is 0 Å². The monoisotopic (exact) mass is 244 g/mol. The largest absolute Gasteiger partial charge is 0.351 e. The first-order chi connectivity index (χ1) is 7.62. The number of nitrogens with two attached hydrogens (primary N) is 1. The predicted octanol–water partition coefficient (Wildman–Crippen LogP) is 1.91. The van der Waals surface area contributed by atoms with Crippen LogP contribution in [0.1, 0.15) is 45.4 Å². The van der Waals surface area contributed by atoms with Crippen LogP contribution in [-0.2, 0) is 4.79 Å². The Labute approximate surface area is 103 Å². The summed E-state index contributed by atoms with van der Waals surface area (Å²) in [6, 6.07) is 0.268. The summed E-state index contributed by atoms with van der Waals surface area (Å²) < 4.78 is 0. The van der Waals surface area contributed by atoms with Crippen LogP contribution in [0.4, 0.5) is 0 Å². The van der Waals surface area contributed by atoms with Crippen LogP contribution >= 0.6 is 11.8 Å². The number of nitrogens with one attached hydrogen (secondary N) is 1. The molecule has 0 aromatic rings. The molecule has 1 unspecified atom stereocenters. The Balaban J connectivity index is 2.48. The minimum atomic E-state index is -0.593. The van der Waals surface area contributed by atoms with Gasteiger partial charge in [0.25, 0.3) is 0 Å². The minimum absolute atomic E-state index is 0.0631. The fourth-order valence-corrected chi connectivity index (χ4v) is 2.92. The zero-order valence-electron chi connectivity index (χ0n) is 10.4. The van der Waals surface area contributed by atoms with Gasteiger partial charge in [0.2, 0.25) is 5.91 Å². The van der Waals surface area contributed by atoms with Gasteiger partial charge in [-0.15, -0.1) is 0 Å². The summed E-state index contributed by atoms with van der Waals surface area (Å²) in [5, 5.41) is 3.09. The molecule has 0 spiro atoms. The van der Waals surface area contributed by atoms with Crippen LogP contribution in [0.3, 0.4) is 0 Å². The number of amides is 1. The molecule has 0 aromatic carbocycles. The maximum Gasteiger partial charge on any atom is 0.240 e. The summed E-state index contributed by atoms with van der Waals surface area (Å²) in [4.78, 5) is 12.1. The van der Waals surface area contributed by atoms with Crippen molar-refractivity contribution in [3.05, 3.63) is 0 Å². The third kappa shape index (κ3) is 3.67. The van der Waals surface area contributed by atoms with Crippen LogP contribution in [-0.4, -0.2) is 29.5 Å². The van der Waals surface area contributed by atoms with E-state index in [0.717, 1.165) is 37.9 Å². The van der Waals surface area contributed by atoms with Crippen LogP contribution in [0, 0.1) is 0 Å². The zero-order chi connectivity index (χ0) is 12.0. The first-order valence-electron chi connectivity index (χ1n) is 6.21. The standard InChI is InChI=1S/C12H24N2OS/c1-3-10(9-16-2)14-11(15)12(13)7-5-4-6-8-12/h10H,3-9,13H2,1-2H3,(H,14,15). The van der Waals surface area contributed by atoms with Crippen molar-refractivity contribution in [2.24, 2.45) is 5.73 Å². The van der Waals surface area contributed by atoms with Gasteiger partial charge in [0.05, 0.1) is 5.54 Å². The average Bonchev–Trinajstić information content (AvgIpc) is 2.29. The smallest absolute Gasteiger partial charge is 0.240 e. The molecule has 1 aliphatic rings. The lowest BCUT2D eigenvalue weighted by Gasteiger charge is -2.33. The van der Waals surface area contributed by atoms with Crippen LogP contribution in [0.15, 0.2) is 0 Å². The topological polar surface area (TPSA) is 55.1 Å². The van der Waals surface area contributed by atoms with E-state index in [1.807, 2.05) is 0 Å². The summed E-state index contributed by atoms with van der Waals surface area (Å²) in [5.41, 5.74) is 5.59. The van der Waals surface area contributed by atoms with Crippen molar-refractivity contribution in [1.82, 2.24) is 5.32 Å². The highest BCUT2D eigenvalue weighted by Crippen LogP contribution is 2.26. The molecular weight excluding hydrogens is 220 g/mol. The molecule has 94 valence electrons. The third-order valence-corrected chi connectivity index (χ3v) is 4.13. The van der Waals surface area contributed by atoms with Gasteiger partial charge in [0.15, 0.2) is 0 Å². The van der Waals surface area contributed by atoms with E-state index in [2.05, 4.69) is 18.5 Å². The number of thioether (sulfide) groups is 1. The molecule has 3 N–H and O–H groups in total. The Kier molecular flexibility index (Phi) is 5.62. The number of rotatable bonds is 5. The van der Waals surface area contributed by atoms with Gasteiger partial charge in [-0.25, -0.2) is 0 Å². The van der Waals surface area contributed by atoms with Crippen LogP contribution in [0.5, 0.6) is 0 Å². The summed E-state index contributed by atoms with van der Waals surface area (Å²) in [6.45, 7) is 2.10. The van der Waals surface area contributed by atoms with Gasteiger partial charge >= 0.3 is 0 Å². The molecule has 1 atom stereocenters. The molecule has 0 saturated heterocycles. The molecule has 1 rings (SSSR count). The van der Waals surface area contributed by atoms with Crippen molar-refractivity contribution < 1.29 is 4.79 Å². The summed E-state index contributed by atoms with van der Waals surface area (Å²) in [6.07, 6.45) is 8.11. The van der Waals surface area contributed by atoms with Crippen molar-refractivity contribution in [1.29, 1.82) is 0 Å². The van der Waals surface area contributed by atoms with Crippen molar-refractivity contribution in [3.63, 3.8) is 0 Å². The number of carbonyl (C=O) groups excluding carboxylic acids is 1. The van der Waals surface area contributed by atoms with Gasteiger partial charge < -0.3 is 11.1 Å². The first-order valence-corrected chi connectivity index (χ1v) is 7.60. The van der Waals surface area contributed by atoms with E-state index in [-0.39, 0.29) is 11.9 Å². The Morgan fingerprint density at radius 2 is 2.06 bits per heavy atom. The lowest BCUT2D eigenvalue weighted by Crippen LogP contribution is -2.57. The van der Waals surface area contributed by atoms with Crippen molar-refractivity contribution >= 4 is 17.7 Å². The molecule has 1 amide bonds. The molecule has 0 aromatic heterocycles. The van der Waals surface area contributed by atoms with Crippen molar-refractivity contribution in [2.45, 2.75) is 57.0 Å². The van der Waals surface area contributed by atoms with Gasteiger partial charge in [-0.1, -0.05) is 26.2 Å². The quantitative estimate of drug-likeness (QED) is 0.776. The van der Waals surface area contributed by atoms with E-state index < -0.39 is 5.54 Å². The Morgan fingerprint density at radius 1 is 1.44 bits per heavy atom. The molecular formula is C12H24N2OS. The first kappa shape index (κ1) is 13.8. The van der Waals surface area contributed by atoms with Gasteiger partial charge in [-0.05, 0) is 25.5 Å². The highest BCUT2D eigenvalue weighted by molar-refractivity contribution is 7.98. The normalized spacial score (nSPS) is 21.4. The second-order valence-electron chi connectivity index (χ2n) is 4.75. The Hall–Kier alpha value is -0.220. The zero-order valence-corrected chi connectivity index (χ0v) is 11.2. The Morgan fingerprint density at radius 3 is 2.56 bits per heavy atom. The number of hydrogen-bond donors (Lipinski definition) is 2. The van der Waals surface area contributed by atoms with E-state index in [4.69, 9.17) is 5.73 Å². The molecule has 0 heterocycles. The molecule has 0 aliphatic heterocycles. The summed E-state index contributed by atoms with van der Waals surface area (Å²) in [5.74, 6) is 1.03. The minimum Gasteiger partial charge on any atom is -0.351 e. The van der Waals surface area contributed by atoms with E-state index in [0.29, 0.717) is 0 Å². The second-order valence-corrected chi connectivity index (χ2v) is 5.66. The third-order valence-electron chi connectivity index (χ3n) is 3.39. The maximum atomic E-state index is 12.1. The fourth-order valence-electron chi connectivity index (χ4n) is 2.20. The maximum absolute atomic E-state index is 12.1. The van der Waals surface area contributed by atoms with E-state index in [1.165, 1.54) is 6.42 Å². The molecule has 3 nitrogen and oxygen atoms in total. The summed E-state index contributed by atoms with van der Waals surface area (Å²) >= 11 is 1.77.